The molecule has 0 radical (unpaired) electrons. The number of para-hydroxylation sites is 1. The van der Waals surface area contributed by atoms with Crippen LogP contribution < -0.4 is 4.74 Å². The SMILES string of the molecule is COC(CC(=O)O)C(CO)Oc1ccccc1. The number of rotatable bonds is 7. The monoisotopic (exact) mass is 240 g/mol. The van der Waals surface area contributed by atoms with E-state index in [0.29, 0.717) is 5.75 Å². The van der Waals surface area contributed by atoms with Crippen molar-refractivity contribution in [3.05, 3.63) is 30.3 Å². The molecule has 0 aliphatic heterocycles. The number of carboxylic acid groups (broad SMARTS) is 1. The van der Waals surface area contributed by atoms with Gasteiger partial charge in [0.15, 0.2) is 0 Å². The average molecular weight is 240 g/mol. The van der Waals surface area contributed by atoms with Gasteiger partial charge in [0.1, 0.15) is 18.0 Å². The molecule has 0 saturated heterocycles. The van der Waals surface area contributed by atoms with Crippen LogP contribution in [0.15, 0.2) is 30.3 Å². The molecule has 0 spiro atoms. The molecule has 0 bridgehead atoms. The van der Waals surface area contributed by atoms with Crippen molar-refractivity contribution in [2.75, 3.05) is 13.7 Å². The number of aliphatic hydroxyl groups excluding tert-OH is 1. The van der Waals surface area contributed by atoms with E-state index in [1.807, 2.05) is 6.07 Å². The number of carbonyl (C=O) groups is 1. The summed E-state index contributed by atoms with van der Waals surface area (Å²) in [5, 5.41) is 17.9. The lowest BCUT2D eigenvalue weighted by molar-refractivity contribution is -0.142. The number of aliphatic hydroxyl groups is 1. The molecular formula is C12H16O5. The topological polar surface area (TPSA) is 76.0 Å². The number of hydrogen-bond acceptors (Lipinski definition) is 4. The Morgan fingerprint density at radius 1 is 1.29 bits per heavy atom. The van der Waals surface area contributed by atoms with Crippen LogP contribution in [0, 0.1) is 0 Å². The van der Waals surface area contributed by atoms with Gasteiger partial charge in [-0.2, -0.15) is 0 Å². The molecule has 0 amide bonds. The Bertz CT molecular complexity index is 338. The Labute approximate surface area is 99.6 Å². The van der Waals surface area contributed by atoms with Gasteiger partial charge < -0.3 is 19.7 Å². The van der Waals surface area contributed by atoms with Crippen LogP contribution in [0.2, 0.25) is 0 Å². The molecule has 1 aromatic rings. The molecule has 2 atom stereocenters. The van der Waals surface area contributed by atoms with Gasteiger partial charge in [-0.1, -0.05) is 18.2 Å². The van der Waals surface area contributed by atoms with Gasteiger partial charge in [0.25, 0.3) is 0 Å². The molecule has 0 aromatic heterocycles. The lowest BCUT2D eigenvalue weighted by Gasteiger charge is -2.24. The van der Waals surface area contributed by atoms with Gasteiger partial charge in [-0.25, -0.2) is 0 Å². The molecule has 0 aliphatic carbocycles. The summed E-state index contributed by atoms with van der Waals surface area (Å²) in [5.74, 6) is -0.425. The molecule has 94 valence electrons. The van der Waals surface area contributed by atoms with Gasteiger partial charge in [0.05, 0.1) is 13.0 Å². The maximum atomic E-state index is 10.6. The number of benzene rings is 1. The van der Waals surface area contributed by atoms with E-state index in [1.54, 1.807) is 24.3 Å². The van der Waals surface area contributed by atoms with Gasteiger partial charge in [-0.05, 0) is 12.1 Å². The summed E-state index contributed by atoms with van der Waals surface area (Å²) in [6.45, 7) is -0.305. The fourth-order valence-electron chi connectivity index (χ4n) is 1.44. The molecule has 1 rings (SSSR count). The van der Waals surface area contributed by atoms with Crippen molar-refractivity contribution >= 4 is 5.97 Å². The predicted octanol–water partition coefficient (Wildman–Crippen LogP) is 0.916. The van der Waals surface area contributed by atoms with Crippen LogP contribution in [-0.2, 0) is 9.53 Å². The molecule has 0 saturated carbocycles. The smallest absolute Gasteiger partial charge is 0.306 e. The van der Waals surface area contributed by atoms with Gasteiger partial charge >= 0.3 is 5.97 Å². The molecule has 0 fully saturated rings. The summed E-state index contributed by atoms with van der Waals surface area (Å²) in [5.41, 5.74) is 0. The highest BCUT2D eigenvalue weighted by Gasteiger charge is 2.25. The molecule has 2 unspecified atom stereocenters. The van der Waals surface area contributed by atoms with Crippen LogP contribution in [0.3, 0.4) is 0 Å². The predicted molar refractivity (Wildman–Crippen MR) is 61.0 cm³/mol. The summed E-state index contributed by atoms with van der Waals surface area (Å²) < 4.78 is 10.5. The first-order valence-corrected chi connectivity index (χ1v) is 5.24. The third-order valence-corrected chi connectivity index (χ3v) is 2.30. The first-order chi connectivity index (χ1) is 8.17. The van der Waals surface area contributed by atoms with Gasteiger partial charge in [-0.3, -0.25) is 4.79 Å². The Kier molecular flexibility index (Phi) is 5.45. The van der Waals surface area contributed by atoms with E-state index in [1.165, 1.54) is 7.11 Å². The van der Waals surface area contributed by atoms with Crippen LogP contribution in [0.5, 0.6) is 5.75 Å². The average Bonchev–Trinajstić information content (AvgIpc) is 2.34. The van der Waals surface area contributed by atoms with E-state index in [0.717, 1.165) is 0 Å². The first-order valence-electron chi connectivity index (χ1n) is 5.24. The first kappa shape index (κ1) is 13.5. The van der Waals surface area contributed by atoms with Crippen molar-refractivity contribution in [3.8, 4) is 5.75 Å². The molecule has 17 heavy (non-hydrogen) atoms. The van der Waals surface area contributed by atoms with E-state index in [4.69, 9.17) is 14.6 Å². The quantitative estimate of drug-likeness (QED) is 0.741. The van der Waals surface area contributed by atoms with Crippen molar-refractivity contribution in [2.45, 2.75) is 18.6 Å². The van der Waals surface area contributed by atoms with E-state index in [9.17, 15) is 9.90 Å². The Morgan fingerprint density at radius 3 is 2.41 bits per heavy atom. The molecule has 0 aliphatic rings. The molecule has 5 heteroatoms. The summed E-state index contributed by atoms with van der Waals surface area (Å²) in [6.07, 6.45) is -1.59. The fraction of sp³-hybridized carbons (Fsp3) is 0.417. The van der Waals surface area contributed by atoms with Crippen molar-refractivity contribution < 1.29 is 24.5 Å². The van der Waals surface area contributed by atoms with Crippen LogP contribution >= 0.6 is 0 Å². The van der Waals surface area contributed by atoms with Crippen molar-refractivity contribution in [1.29, 1.82) is 0 Å². The van der Waals surface area contributed by atoms with Gasteiger partial charge in [-0.15, -0.1) is 0 Å². The van der Waals surface area contributed by atoms with E-state index in [-0.39, 0.29) is 13.0 Å². The minimum atomic E-state index is -0.994. The van der Waals surface area contributed by atoms with Crippen LogP contribution in [-0.4, -0.2) is 42.1 Å². The molecular weight excluding hydrogens is 224 g/mol. The molecule has 1 aromatic carbocycles. The lowest BCUT2D eigenvalue weighted by Crippen LogP contribution is -2.38. The second-order valence-corrected chi connectivity index (χ2v) is 3.52. The molecule has 2 N–H and O–H groups in total. The fourth-order valence-corrected chi connectivity index (χ4v) is 1.44. The van der Waals surface area contributed by atoms with Crippen LogP contribution in [0.25, 0.3) is 0 Å². The number of methoxy groups -OCH3 is 1. The van der Waals surface area contributed by atoms with Crippen molar-refractivity contribution in [2.24, 2.45) is 0 Å². The maximum absolute atomic E-state index is 10.6. The van der Waals surface area contributed by atoms with E-state index in [2.05, 4.69) is 0 Å². The highest BCUT2D eigenvalue weighted by Crippen LogP contribution is 2.15. The van der Waals surface area contributed by atoms with Crippen molar-refractivity contribution in [1.82, 2.24) is 0 Å². The Morgan fingerprint density at radius 2 is 1.94 bits per heavy atom. The standard InChI is InChI=1S/C12H16O5/c1-16-10(7-12(14)15)11(8-13)17-9-5-3-2-4-6-9/h2-6,10-11,13H,7-8H2,1H3,(H,14,15). The highest BCUT2D eigenvalue weighted by molar-refractivity contribution is 5.67. The largest absolute Gasteiger partial charge is 0.485 e. The highest BCUT2D eigenvalue weighted by atomic mass is 16.5. The van der Waals surface area contributed by atoms with Gasteiger partial charge in [0, 0.05) is 7.11 Å². The number of ether oxygens (including phenoxy) is 2. The normalized spacial score (nSPS) is 14.0. The number of hydrogen-bond donors (Lipinski definition) is 2. The van der Waals surface area contributed by atoms with E-state index < -0.39 is 18.2 Å². The molecule has 0 heterocycles. The molecule has 5 nitrogen and oxygen atoms in total. The maximum Gasteiger partial charge on any atom is 0.306 e. The third kappa shape index (κ3) is 4.42. The zero-order valence-electron chi connectivity index (χ0n) is 9.57. The number of aliphatic carboxylic acids is 1. The second kappa shape index (κ2) is 6.88. The Balaban J connectivity index is 2.66. The zero-order chi connectivity index (χ0) is 12.7. The third-order valence-electron chi connectivity index (χ3n) is 2.30. The summed E-state index contributed by atoms with van der Waals surface area (Å²) in [7, 11) is 1.39. The lowest BCUT2D eigenvalue weighted by atomic mass is 10.1. The van der Waals surface area contributed by atoms with Crippen LogP contribution in [0.4, 0.5) is 0 Å². The zero-order valence-corrected chi connectivity index (χ0v) is 9.57. The van der Waals surface area contributed by atoms with Crippen LogP contribution in [0.1, 0.15) is 6.42 Å². The number of carboxylic acids is 1. The minimum Gasteiger partial charge on any atom is -0.485 e. The van der Waals surface area contributed by atoms with Gasteiger partial charge in [0.2, 0.25) is 0 Å². The summed E-state index contributed by atoms with van der Waals surface area (Å²) >= 11 is 0. The summed E-state index contributed by atoms with van der Waals surface area (Å²) in [4.78, 5) is 10.6. The second-order valence-electron chi connectivity index (χ2n) is 3.52. The van der Waals surface area contributed by atoms with Crippen molar-refractivity contribution in [3.63, 3.8) is 0 Å². The Hall–Kier alpha value is -1.59. The minimum absolute atomic E-state index is 0.214. The van der Waals surface area contributed by atoms with E-state index >= 15 is 0 Å². The summed E-state index contributed by atoms with van der Waals surface area (Å²) in [6, 6.07) is 8.89.